The van der Waals surface area contributed by atoms with E-state index in [1.54, 1.807) is 0 Å². The summed E-state index contributed by atoms with van der Waals surface area (Å²) in [6.07, 6.45) is 0.618. The van der Waals surface area contributed by atoms with Gasteiger partial charge in [0.2, 0.25) is 5.91 Å². The first kappa shape index (κ1) is 19.2. The Hall–Kier alpha value is -1.83. The number of aliphatic hydroxyl groups is 1. The molecule has 0 heterocycles. The molecule has 0 saturated heterocycles. The maximum atomic E-state index is 11.5. The highest BCUT2D eigenvalue weighted by Crippen LogP contribution is 2.39. The van der Waals surface area contributed by atoms with Gasteiger partial charge in [-0.1, -0.05) is 26.7 Å². The van der Waals surface area contributed by atoms with E-state index in [0.717, 1.165) is 12.8 Å². The summed E-state index contributed by atoms with van der Waals surface area (Å²) in [6, 6.07) is -0.913. The fourth-order valence-electron chi connectivity index (χ4n) is 3.63. The molecule has 5 atom stereocenters. The van der Waals surface area contributed by atoms with Crippen molar-refractivity contribution in [2.45, 2.75) is 58.2 Å². The Labute approximate surface area is 136 Å². The van der Waals surface area contributed by atoms with E-state index in [1.165, 1.54) is 6.92 Å². The molecule has 1 aliphatic carbocycles. The summed E-state index contributed by atoms with van der Waals surface area (Å²) < 4.78 is 0. The van der Waals surface area contributed by atoms with E-state index in [0.29, 0.717) is 0 Å². The maximum absolute atomic E-state index is 11.5. The third-order valence-electron chi connectivity index (χ3n) is 4.71. The van der Waals surface area contributed by atoms with E-state index < -0.39 is 36.0 Å². The molecule has 0 aromatic heterocycles. The smallest absolute Gasteiger partial charge is 0.309 e. The number of carboxylic acid groups (broad SMARTS) is 1. The highest BCUT2D eigenvalue weighted by molar-refractivity contribution is 5.76. The number of carbonyl (C=O) groups excluding carboxylic acids is 1. The second kappa shape index (κ2) is 8.14. The number of guanidine groups is 1. The molecule has 1 saturated carbocycles. The minimum atomic E-state index is -1.11. The quantitative estimate of drug-likeness (QED) is 0.318. The Morgan fingerprint density at radius 3 is 2.26 bits per heavy atom. The van der Waals surface area contributed by atoms with E-state index in [1.807, 2.05) is 13.8 Å². The first-order valence-electron chi connectivity index (χ1n) is 7.99. The summed E-state index contributed by atoms with van der Waals surface area (Å²) in [7, 11) is 0. The van der Waals surface area contributed by atoms with Crippen LogP contribution in [0.4, 0.5) is 0 Å². The van der Waals surface area contributed by atoms with Crippen LogP contribution in [0.2, 0.25) is 0 Å². The van der Waals surface area contributed by atoms with Crippen molar-refractivity contribution in [3.05, 3.63) is 0 Å². The molecule has 1 aliphatic rings. The zero-order valence-corrected chi connectivity index (χ0v) is 13.9. The van der Waals surface area contributed by atoms with Gasteiger partial charge >= 0.3 is 5.97 Å². The molecule has 1 rings (SSSR count). The van der Waals surface area contributed by atoms with Crippen molar-refractivity contribution in [3.8, 4) is 0 Å². The van der Waals surface area contributed by atoms with Crippen molar-refractivity contribution in [3.63, 3.8) is 0 Å². The fraction of sp³-hybridized carbons (Fsp3) is 0.800. The van der Waals surface area contributed by atoms with Gasteiger partial charge in [0.05, 0.1) is 18.1 Å². The summed E-state index contributed by atoms with van der Waals surface area (Å²) in [4.78, 5) is 27.1. The molecule has 1 amide bonds. The van der Waals surface area contributed by atoms with Crippen LogP contribution in [0, 0.1) is 17.8 Å². The van der Waals surface area contributed by atoms with E-state index >= 15 is 0 Å². The summed E-state index contributed by atoms with van der Waals surface area (Å²) in [5.41, 5.74) is 11.1. The van der Waals surface area contributed by atoms with Gasteiger partial charge < -0.3 is 27.0 Å². The molecule has 0 bridgehead atoms. The zero-order valence-electron chi connectivity index (χ0n) is 13.9. The van der Waals surface area contributed by atoms with Gasteiger partial charge in [0.15, 0.2) is 5.96 Å². The van der Waals surface area contributed by atoms with E-state index in [4.69, 9.17) is 11.5 Å². The van der Waals surface area contributed by atoms with Gasteiger partial charge in [-0.05, 0) is 12.3 Å². The molecular weight excluding hydrogens is 300 g/mol. The van der Waals surface area contributed by atoms with Crippen LogP contribution in [0.3, 0.4) is 0 Å². The highest BCUT2D eigenvalue weighted by Gasteiger charge is 2.50. The predicted molar refractivity (Wildman–Crippen MR) is 86.5 cm³/mol. The molecule has 1 fully saturated rings. The van der Waals surface area contributed by atoms with Crippen molar-refractivity contribution in [2.24, 2.45) is 34.2 Å². The molecule has 0 aliphatic heterocycles. The van der Waals surface area contributed by atoms with Crippen molar-refractivity contribution >= 4 is 17.8 Å². The lowest BCUT2D eigenvalue weighted by Gasteiger charge is -2.33. The zero-order chi connectivity index (χ0) is 17.7. The Morgan fingerprint density at radius 2 is 1.87 bits per heavy atom. The second-order valence-corrected chi connectivity index (χ2v) is 6.18. The van der Waals surface area contributed by atoms with Crippen LogP contribution in [-0.4, -0.2) is 46.2 Å². The van der Waals surface area contributed by atoms with Gasteiger partial charge in [0.1, 0.15) is 0 Å². The van der Waals surface area contributed by atoms with Crippen LogP contribution in [-0.2, 0) is 9.59 Å². The number of aliphatic carboxylic acids is 1. The molecule has 23 heavy (non-hydrogen) atoms. The van der Waals surface area contributed by atoms with Gasteiger partial charge in [0.25, 0.3) is 0 Å². The summed E-state index contributed by atoms with van der Waals surface area (Å²) >= 11 is 0. The number of carbonyl (C=O) groups is 2. The van der Waals surface area contributed by atoms with Crippen LogP contribution in [0.15, 0.2) is 4.99 Å². The molecule has 0 radical (unpaired) electrons. The maximum Gasteiger partial charge on any atom is 0.309 e. The van der Waals surface area contributed by atoms with Crippen LogP contribution in [0.25, 0.3) is 0 Å². The predicted octanol–water partition coefficient (Wildman–Crippen LogP) is -0.349. The van der Waals surface area contributed by atoms with Crippen LogP contribution >= 0.6 is 0 Å². The highest BCUT2D eigenvalue weighted by atomic mass is 16.4. The van der Waals surface area contributed by atoms with Gasteiger partial charge in [0, 0.05) is 18.9 Å². The standard InChI is InChI=1S/C15H28N4O4/c1-4-8(5-2)12(19-15(16)17)11-10(18-7(3)20)6-9(13(11)21)14(22)23/h8-13,21H,4-6H2,1-3H3,(H,18,20)(H,22,23)(H4,16,17,19)/t9-,10+,11+,12+,13+/m0/s1. The minimum Gasteiger partial charge on any atom is -0.481 e. The van der Waals surface area contributed by atoms with Crippen molar-refractivity contribution < 1.29 is 19.8 Å². The lowest BCUT2D eigenvalue weighted by atomic mass is 9.81. The Kier molecular flexibility index (Phi) is 6.80. The number of aliphatic imine (C=N–C) groups is 1. The summed E-state index contributed by atoms with van der Waals surface area (Å²) in [5, 5.41) is 22.6. The van der Waals surface area contributed by atoms with E-state index in [9.17, 15) is 19.8 Å². The number of hydrogen-bond donors (Lipinski definition) is 5. The number of aliphatic hydroxyl groups excluding tert-OH is 1. The molecule has 0 aromatic carbocycles. The SMILES string of the molecule is CCC(CC)[C@@H](N=C(N)N)[C@@H]1[C@H](O)[C@@H](C(=O)O)C[C@H]1NC(C)=O. The number of nitrogens with one attached hydrogen (secondary N) is 1. The molecule has 7 N–H and O–H groups in total. The molecular formula is C15H28N4O4. The fourth-order valence-corrected chi connectivity index (χ4v) is 3.63. The summed E-state index contributed by atoms with van der Waals surface area (Å²) in [6.45, 7) is 5.35. The van der Waals surface area contributed by atoms with Gasteiger partial charge in [-0.25, -0.2) is 4.99 Å². The topological polar surface area (TPSA) is 151 Å². The Balaban J connectivity index is 3.23. The van der Waals surface area contributed by atoms with Crippen molar-refractivity contribution in [1.82, 2.24) is 5.32 Å². The number of hydrogen-bond acceptors (Lipinski definition) is 4. The number of carboxylic acids is 1. The average Bonchev–Trinajstić information content (AvgIpc) is 2.74. The lowest BCUT2D eigenvalue weighted by molar-refractivity contribution is -0.145. The second-order valence-electron chi connectivity index (χ2n) is 6.18. The minimum absolute atomic E-state index is 0.0838. The molecule has 8 nitrogen and oxygen atoms in total. The third kappa shape index (κ3) is 4.57. The average molecular weight is 328 g/mol. The molecule has 8 heteroatoms. The van der Waals surface area contributed by atoms with Crippen molar-refractivity contribution in [2.75, 3.05) is 0 Å². The Bertz CT molecular complexity index is 460. The third-order valence-corrected chi connectivity index (χ3v) is 4.71. The van der Waals surface area contributed by atoms with Gasteiger partial charge in [-0.15, -0.1) is 0 Å². The van der Waals surface area contributed by atoms with Crippen molar-refractivity contribution in [1.29, 1.82) is 0 Å². The Morgan fingerprint density at radius 1 is 1.30 bits per heavy atom. The summed E-state index contributed by atoms with van der Waals surface area (Å²) in [5.74, 6) is -2.85. The largest absolute Gasteiger partial charge is 0.481 e. The molecule has 0 unspecified atom stereocenters. The number of nitrogens with two attached hydrogens (primary N) is 2. The van der Waals surface area contributed by atoms with Gasteiger partial charge in [-0.3, -0.25) is 9.59 Å². The van der Waals surface area contributed by atoms with Crippen LogP contribution < -0.4 is 16.8 Å². The number of amides is 1. The first-order valence-corrected chi connectivity index (χ1v) is 7.99. The van der Waals surface area contributed by atoms with Crippen LogP contribution in [0.1, 0.15) is 40.0 Å². The van der Waals surface area contributed by atoms with Gasteiger partial charge in [-0.2, -0.15) is 0 Å². The molecule has 132 valence electrons. The van der Waals surface area contributed by atoms with E-state index in [-0.39, 0.29) is 24.2 Å². The van der Waals surface area contributed by atoms with E-state index in [2.05, 4.69) is 10.3 Å². The normalized spacial score (nSPS) is 28.4. The number of rotatable bonds is 7. The molecule has 0 spiro atoms. The van der Waals surface area contributed by atoms with Crippen LogP contribution in [0.5, 0.6) is 0 Å². The first-order chi connectivity index (χ1) is 10.7. The monoisotopic (exact) mass is 328 g/mol. The lowest BCUT2D eigenvalue weighted by Crippen LogP contribution is -2.47. The number of nitrogens with zero attached hydrogens (tertiary/aromatic N) is 1. The molecule has 0 aromatic rings.